The van der Waals surface area contributed by atoms with Crippen molar-refractivity contribution >= 4 is 0 Å². The lowest BCUT2D eigenvalue weighted by Gasteiger charge is -2.26. The fourth-order valence-corrected chi connectivity index (χ4v) is 1.77. The smallest absolute Gasteiger partial charge is 0.0618 e. The summed E-state index contributed by atoms with van der Waals surface area (Å²) in [4.78, 5) is 0. The van der Waals surface area contributed by atoms with E-state index in [2.05, 4.69) is 12.8 Å². The van der Waals surface area contributed by atoms with Crippen LogP contribution in [0.1, 0.15) is 40.0 Å². The summed E-state index contributed by atoms with van der Waals surface area (Å²) < 4.78 is 5.32. The number of hydrogen-bond donors (Lipinski definition) is 1. The van der Waals surface area contributed by atoms with E-state index in [0.29, 0.717) is 0 Å². The van der Waals surface area contributed by atoms with Gasteiger partial charge in [-0.15, -0.1) is 12.3 Å². The highest BCUT2D eigenvalue weighted by Crippen LogP contribution is 2.19. The number of aliphatic hydroxyl groups excluding tert-OH is 1. The van der Waals surface area contributed by atoms with E-state index in [-0.39, 0.29) is 24.0 Å². The van der Waals surface area contributed by atoms with Gasteiger partial charge in [0.05, 0.1) is 12.2 Å². The fraction of sp³-hybridized carbons (Fsp3) is 0.846. The first-order valence-electron chi connectivity index (χ1n) is 5.73. The molecule has 0 aliphatic rings. The molecular formula is C13H24O2. The molecule has 0 heterocycles. The van der Waals surface area contributed by atoms with Crippen LogP contribution in [0.15, 0.2) is 0 Å². The van der Waals surface area contributed by atoms with Crippen LogP contribution >= 0.6 is 0 Å². The third-order valence-corrected chi connectivity index (χ3v) is 3.08. The van der Waals surface area contributed by atoms with Crippen molar-refractivity contribution in [2.75, 3.05) is 7.11 Å². The summed E-state index contributed by atoms with van der Waals surface area (Å²) in [6, 6.07) is 0. The van der Waals surface area contributed by atoms with Crippen LogP contribution < -0.4 is 0 Å². The van der Waals surface area contributed by atoms with Crippen LogP contribution in [-0.2, 0) is 4.74 Å². The first-order chi connectivity index (χ1) is 7.06. The number of hydrogen-bond acceptors (Lipinski definition) is 2. The van der Waals surface area contributed by atoms with E-state index in [4.69, 9.17) is 11.2 Å². The molecule has 88 valence electrons. The van der Waals surface area contributed by atoms with Gasteiger partial charge in [-0.1, -0.05) is 20.8 Å². The molecule has 0 radical (unpaired) electrons. The van der Waals surface area contributed by atoms with Crippen LogP contribution in [0, 0.1) is 24.2 Å². The molecular weight excluding hydrogens is 188 g/mol. The lowest BCUT2D eigenvalue weighted by atomic mass is 9.91. The topological polar surface area (TPSA) is 29.5 Å². The molecule has 2 nitrogen and oxygen atoms in total. The van der Waals surface area contributed by atoms with E-state index in [1.165, 1.54) is 0 Å². The van der Waals surface area contributed by atoms with Gasteiger partial charge in [-0.05, 0) is 19.3 Å². The molecule has 0 bridgehead atoms. The molecule has 15 heavy (non-hydrogen) atoms. The second-order valence-corrected chi connectivity index (χ2v) is 4.25. The number of methoxy groups -OCH3 is 1. The van der Waals surface area contributed by atoms with Gasteiger partial charge in [-0.3, -0.25) is 0 Å². The predicted octanol–water partition coefficient (Wildman–Crippen LogP) is 2.46. The Balaban J connectivity index is 3.98. The predicted molar refractivity (Wildman–Crippen MR) is 63.5 cm³/mol. The lowest BCUT2D eigenvalue weighted by molar-refractivity contribution is -0.0116. The molecule has 2 heteroatoms. The average molecular weight is 212 g/mol. The third kappa shape index (κ3) is 5.20. The first-order valence-corrected chi connectivity index (χ1v) is 5.73. The van der Waals surface area contributed by atoms with Gasteiger partial charge in [0.2, 0.25) is 0 Å². The Kier molecular flexibility index (Phi) is 7.46. The van der Waals surface area contributed by atoms with Crippen LogP contribution in [0.2, 0.25) is 0 Å². The van der Waals surface area contributed by atoms with Crippen molar-refractivity contribution in [2.45, 2.75) is 52.2 Å². The Hall–Kier alpha value is -0.520. The molecule has 0 fully saturated rings. The Bertz CT molecular complexity index is 191. The molecule has 1 N–H and O–H groups in total. The third-order valence-electron chi connectivity index (χ3n) is 3.08. The second kappa shape index (κ2) is 7.73. The second-order valence-electron chi connectivity index (χ2n) is 4.25. The van der Waals surface area contributed by atoms with Crippen molar-refractivity contribution in [2.24, 2.45) is 11.8 Å². The van der Waals surface area contributed by atoms with Crippen LogP contribution in [0.5, 0.6) is 0 Å². The van der Waals surface area contributed by atoms with E-state index in [1.807, 2.05) is 13.8 Å². The van der Waals surface area contributed by atoms with E-state index in [0.717, 1.165) is 19.3 Å². The highest BCUT2D eigenvalue weighted by Gasteiger charge is 2.22. The molecule has 4 atom stereocenters. The minimum atomic E-state index is -0.314. The minimum Gasteiger partial charge on any atom is -0.393 e. The van der Waals surface area contributed by atoms with Gasteiger partial charge in [-0.25, -0.2) is 0 Å². The maximum absolute atomic E-state index is 9.95. The SMILES string of the molecule is C#C[C@@H](C)CC[C@H](O)C(C)C(CC)OC. The zero-order valence-electron chi connectivity index (χ0n) is 10.4. The van der Waals surface area contributed by atoms with Crippen molar-refractivity contribution in [1.29, 1.82) is 0 Å². The highest BCUT2D eigenvalue weighted by molar-refractivity contribution is 4.90. The molecule has 0 saturated carbocycles. The molecule has 0 aliphatic heterocycles. The molecule has 2 unspecified atom stereocenters. The van der Waals surface area contributed by atoms with Gasteiger partial charge in [0.15, 0.2) is 0 Å². The quantitative estimate of drug-likeness (QED) is 0.657. The number of terminal acetylenes is 1. The van der Waals surface area contributed by atoms with Crippen LogP contribution in [0.25, 0.3) is 0 Å². The zero-order chi connectivity index (χ0) is 11.8. The molecule has 0 aliphatic carbocycles. The zero-order valence-corrected chi connectivity index (χ0v) is 10.4. The van der Waals surface area contributed by atoms with Gasteiger partial charge < -0.3 is 9.84 Å². The average Bonchev–Trinajstić information content (AvgIpc) is 2.26. The van der Waals surface area contributed by atoms with E-state index in [9.17, 15) is 5.11 Å². The molecule has 0 aromatic rings. The van der Waals surface area contributed by atoms with Gasteiger partial charge in [0.1, 0.15) is 0 Å². The molecule has 0 spiro atoms. The largest absolute Gasteiger partial charge is 0.393 e. The van der Waals surface area contributed by atoms with Crippen molar-refractivity contribution < 1.29 is 9.84 Å². The molecule has 0 saturated heterocycles. The van der Waals surface area contributed by atoms with Gasteiger partial charge in [0, 0.05) is 18.9 Å². The summed E-state index contributed by atoms with van der Waals surface area (Å²) in [5.41, 5.74) is 0. The Labute approximate surface area is 94.0 Å². The monoisotopic (exact) mass is 212 g/mol. The van der Waals surface area contributed by atoms with Gasteiger partial charge in [-0.2, -0.15) is 0 Å². The normalized spacial score (nSPS) is 18.9. The van der Waals surface area contributed by atoms with Crippen molar-refractivity contribution in [3.8, 4) is 12.3 Å². The van der Waals surface area contributed by atoms with Crippen LogP contribution in [0.3, 0.4) is 0 Å². The number of aliphatic hydroxyl groups is 1. The first kappa shape index (κ1) is 14.5. The summed E-state index contributed by atoms with van der Waals surface area (Å²) in [5, 5.41) is 9.95. The maximum atomic E-state index is 9.95. The summed E-state index contributed by atoms with van der Waals surface area (Å²) in [6.45, 7) is 6.11. The van der Waals surface area contributed by atoms with E-state index >= 15 is 0 Å². The fourth-order valence-electron chi connectivity index (χ4n) is 1.77. The highest BCUT2D eigenvalue weighted by atomic mass is 16.5. The summed E-state index contributed by atoms with van der Waals surface area (Å²) >= 11 is 0. The standard InChI is InChI=1S/C13H24O2/c1-6-10(3)8-9-12(14)11(4)13(7-2)15-5/h1,10-14H,7-9H2,2-5H3/t10-,11?,12+,13?/m1/s1. The minimum absolute atomic E-state index is 0.140. The lowest BCUT2D eigenvalue weighted by Crippen LogP contribution is -2.30. The Morgan fingerprint density at radius 2 is 1.93 bits per heavy atom. The number of rotatable bonds is 7. The summed E-state index contributed by atoms with van der Waals surface area (Å²) in [6.07, 6.45) is 7.68. The van der Waals surface area contributed by atoms with Crippen molar-refractivity contribution in [1.82, 2.24) is 0 Å². The van der Waals surface area contributed by atoms with Crippen molar-refractivity contribution in [3.05, 3.63) is 0 Å². The molecule has 0 amide bonds. The number of ether oxygens (including phenoxy) is 1. The maximum Gasteiger partial charge on any atom is 0.0618 e. The Morgan fingerprint density at radius 1 is 1.33 bits per heavy atom. The van der Waals surface area contributed by atoms with E-state index in [1.54, 1.807) is 7.11 Å². The summed E-state index contributed by atoms with van der Waals surface area (Å²) in [7, 11) is 1.70. The molecule has 0 aromatic heterocycles. The van der Waals surface area contributed by atoms with Crippen molar-refractivity contribution in [3.63, 3.8) is 0 Å². The van der Waals surface area contributed by atoms with Crippen LogP contribution in [-0.4, -0.2) is 24.4 Å². The van der Waals surface area contributed by atoms with Gasteiger partial charge >= 0.3 is 0 Å². The molecule has 0 rings (SSSR count). The van der Waals surface area contributed by atoms with Crippen LogP contribution in [0.4, 0.5) is 0 Å². The summed E-state index contributed by atoms with van der Waals surface area (Å²) in [5.74, 6) is 3.09. The van der Waals surface area contributed by atoms with E-state index < -0.39 is 0 Å². The van der Waals surface area contributed by atoms with Gasteiger partial charge in [0.25, 0.3) is 0 Å². The Morgan fingerprint density at radius 3 is 2.33 bits per heavy atom. The molecule has 0 aromatic carbocycles.